The van der Waals surface area contributed by atoms with Crippen LogP contribution < -0.4 is 4.74 Å². The third-order valence-corrected chi connectivity index (χ3v) is 4.27. The van der Waals surface area contributed by atoms with E-state index < -0.39 is 0 Å². The predicted octanol–water partition coefficient (Wildman–Crippen LogP) is 3.31. The summed E-state index contributed by atoms with van der Waals surface area (Å²) in [6, 6.07) is 6.18. The van der Waals surface area contributed by atoms with Crippen molar-refractivity contribution in [3.63, 3.8) is 0 Å². The normalized spacial score (nSPS) is 18.2. The Morgan fingerprint density at radius 1 is 1.10 bits per heavy atom. The molecule has 1 fully saturated rings. The van der Waals surface area contributed by atoms with Gasteiger partial charge in [-0.3, -0.25) is 0 Å². The number of benzene rings is 1. The van der Waals surface area contributed by atoms with Crippen LogP contribution in [-0.2, 0) is 0 Å². The Morgan fingerprint density at radius 2 is 1.71 bits per heavy atom. The molecule has 1 aromatic rings. The van der Waals surface area contributed by atoms with Gasteiger partial charge in [0.15, 0.2) is 0 Å². The van der Waals surface area contributed by atoms with E-state index in [2.05, 4.69) is 30.9 Å². The molecule has 0 radical (unpaired) electrons. The molecular formula is C18H29NO2. The zero-order valence-electron chi connectivity index (χ0n) is 13.5. The number of hydrogen-bond acceptors (Lipinski definition) is 3. The number of aliphatic hydroxyl groups excluding tert-OH is 1. The Morgan fingerprint density at radius 3 is 2.33 bits per heavy atom. The summed E-state index contributed by atoms with van der Waals surface area (Å²) in [6.45, 7) is 7.77. The summed E-state index contributed by atoms with van der Waals surface area (Å²) >= 11 is 0. The second-order valence-corrected chi connectivity index (χ2v) is 6.23. The third-order valence-electron chi connectivity index (χ3n) is 4.27. The van der Waals surface area contributed by atoms with Gasteiger partial charge in [-0.2, -0.15) is 0 Å². The van der Waals surface area contributed by atoms with Crippen LogP contribution in [0.4, 0.5) is 0 Å². The number of nitrogens with zero attached hydrogens (tertiary/aromatic N) is 1. The maximum atomic E-state index is 10.2. The minimum atomic E-state index is -0.285. The molecule has 0 unspecified atom stereocenters. The lowest BCUT2D eigenvalue weighted by Gasteiger charge is -2.23. The molecule has 3 heteroatoms. The number of hydrogen-bond donors (Lipinski definition) is 1. The molecule has 0 spiro atoms. The smallest absolute Gasteiger partial charge is 0.125 e. The molecule has 1 aliphatic rings. The molecule has 0 amide bonds. The topological polar surface area (TPSA) is 32.7 Å². The lowest BCUT2D eigenvalue weighted by atomic mass is 10.1. The molecule has 1 heterocycles. The van der Waals surface area contributed by atoms with Gasteiger partial charge >= 0.3 is 0 Å². The maximum Gasteiger partial charge on any atom is 0.125 e. The van der Waals surface area contributed by atoms with Gasteiger partial charge in [0.25, 0.3) is 0 Å². The van der Waals surface area contributed by atoms with Crippen LogP contribution in [0, 0.1) is 13.8 Å². The van der Waals surface area contributed by atoms with Crippen LogP contribution in [0.25, 0.3) is 0 Å². The first-order valence-electron chi connectivity index (χ1n) is 8.26. The van der Waals surface area contributed by atoms with Crippen LogP contribution in [0.3, 0.4) is 0 Å². The zero-order valence-corrected chi connectivity index (χ0v) is 13.5. The van der Waals surface area contributed by atoms with Crippen LogP contribution >= 0.6 is 0 Å². The minimum absolute atomic E-state index is 0.285. The Hall–Kier alpha value is -1.06. The van der Waals surface area contributed by atoms with Gasteiger partial charge < -0.3 is 14.7 Å². The van der Waals surface area contributed by atoms with Crippen molar-refractivity contribution in [1.82, 2.24) is 4.90 Å². The van der Waals surface area contributed by atoms with Crippen molar-refractivity contribution in [2.24, 2.45) is 0 Å². The fourth-order valence-electron chi connectivity index (χ4n) is 3.03. The fraction of sp³-hybridized carbons (Fsp3) is 0.667. The van der Waals surface area contributed by atoms with Gasteiger partial charge in [0, 0.05) is 13.0 Å². The van der Waals surface area contributed by atoms with E-state index in [4.69, 9.17) is 4.74 Å². The minimum Gasteiger partial charge on any atom is -0.493 e. The Bertz CT molecular complexity index is 405. The maximum absolute atomic E-state index is 10.2. The van der Waals surface area contributed by atoms with Gasteiger partial charge in [0.2, 0.25) is 0 Å². The molecule has 0 aliphatic carbocycles. The first-order valence-corrected chi connectivity index (χ1v) is 8.26. The second-order valence-electron chi connectivity index (χ2n) is 6.23. The Kier molecular flexibility index (Phi) is 6.52. The van der Waals surface area contributed by atoms with E-state index in [1.807, 2.05) is 6.07 Å². The molecule has 0 aromatic heterocycles. The van der Waals surface area contributed by atoms with Crippen molar-refractivity contribution < 1.29 is 9.84 Å². The van der Waals surface area contributed by atoms with Crippen molar-refractivity contribution in [3.05, 3.63) is 29.3 Å². The predicted molar refractivity (Wildman–Crippen MR) is 86.9 cm³/mol. The van der Waals surface area contributed by atoms with Gasteiger partial charge in [-0.1, -0.05) is 31.0 Å². The summed E-state index contributed by atoms with van der Waals surface area (Å²) in [7, 11) is 0. The number of likely N-dealkylation sites (tertiary alicyclic amines) is 1. The van der Waals surface area contributed by atoms with E-state index >= 15 is 0 Å². The summed E-state index contributed by atoms with van der Waals surface area (Å²) in [5.74, 6) is 0.972. The van der Waals surface area contributed by atoms with Crippen molar-refractivity contribution in [3.8, 4) is 5.75 Å². The van der Waals surface area contributed by atoms with E-state index in [0.717, 1.165) is 36.5 Å². The highest BCUT2D eigenvalue weighted by Gasteiger charge is 2.14. The average molecular weight is 291 g/mol. The van der Waals surface area contributed by atoms with Crippen LogP contribution in [0.1, 0.15) is 43.2 Å². The molecule has 1 N–H and O–H groups in total. The van der Waals surface area contributed by atoms with Crippen molar-refractivity contribution in [1.29, 1.82) is 0 Å². The van der Waals surface area contributed by atoms with Crippen LogP contribution in [0.15, 0.2) is 18.2 Å². The fourth-order valence-corrected chi connectivity index (χ4v) is 3.03. The van der Waals surface area contributed by atoms with Gasteiger partial charge in [-0.25, -0.2) is 0 Å². The molecule has 1 atom stereocenters. The highest BCUT2D eigenvalue weighted by molar-refractivity contribution is 5.39. The summed E-state index contributed by atoms with van der Waals surface area (Å²) in [6.07, 6.45) is 5.62. The van der Waals surface area contributed by atoms with Crippen LogP contribution in [0.5, 0.6) is 5.75 Å². The van der Waals surface area contributed by atoms with E-state index in [-0.39, 0.29) is 6.10 Å². The molecule has 118 valence electrons. The number of aliphatic hydroxyl groups is 1. The first-order chi connectivity index (χ1) is 10.2. The second kappa shape index (κ2) is 8.40. The highest BCUT2D eigenvalue weighted by Crippen LogP contribution is 2.22. The number of rotatable bonds is 6. The summed E-state index contributed by atoms with van der Waals surface area (Å²) in [5.41, 5.74) is 2.33. The van der Waals surface area contributed by atoms with Gasteiger partial charge in [-0.15, -0.1) is 0 Å². The van der Waals surface area contributed by atoms with E-state index in [9.17, 15) is 5.11 Å². The van der Waals surface area contributed by atoms with Crippen LogP contribution in [-0.4, -0.2) is 42.4 Å². The van der Waals surface area contributed by atoms with Crippen LogP contribution in [0.2, 0.25) is 0 Å². The molecule has 2 rings (SSSR count). The molecule has 1 aromatic carbocycles. The largest absolute Gasteiger partial charge is 0.493 e. The average Bonchev–Trinajstić information content (AvgIpc) is 2.71. The molecular weight excluding hydrogens is 262 g/mol. The number of aryl methyl sites for hydroxylation is 2. The SMILES string of the molecule is Cc1cccc(C)c1OCC[C@@H](O)CN1CCCCCC1. The van der Waals surface area contributed by atoms with Gasteiger partial charge in [0.1, 0.15) is 5.75 Å². The van der Waals surface area contributed by atoms with E-state index in [1.165, 1.54) is 25.7 Å². The van der Waals surface area contributed by atoms with E-state index in [1.54, 1.807) is 0 Å². The van der Waals surface area contributed by atoms with Gasteiger partial charge in [0.05, 0.1) is 12.7 Å². The Labute approximate surface area is 128 Å². The number of ether oxygens (including phenoxy) is 1. The third kappa shape index (κ3) is 5.33. The first kappa shape index (κ1) is 16.3. The van der Waals surface area contributed by atoms with Crippen molar-refractivity contribution in [2.75, 3.05) is 26.2 Å². The summed E-state index contributed by atoms with van der Waals surface area (Å²) < 4.78 is 5.87. The summed E-state index contributed by atoms with van der Waals surface area (Å²) in [5, 5.41) is 10.2. The van der Waals surface area contributed by atoms with E-state index in [0.29, 0.717) is 13.0 Å². The summed E-state index contributed by atoms with van der Waals surface area (Å²) in [4.78, 5) is 2.40. The monoisotopic (exact) mass is 291 g/mol. The highest BCUT2D eigenvalue weighted by atomic mass is 16.5. The molecule has 1 aliphatic heterocycles. The lowest BCUT2D eigenvalue weighted by molar-refractivity contribution is 0.0924. The lowest BCUT2D eigenvalue weighted by Crippen LogP contribution is -2.34. The zero-order chi connectivity index (χ0) is 15.1. The Balaban J connectivity index is 1.72. The van der Waals surface area contributed by atoms with Crippen molar-refractivity contribution >= 4 is 0 Å². The molecule has 1 saturated heterocycles. The number of para-hydroxylation sites is 1. The number of β-amino-alcohol motifs (C(OH)–C–C–N with tert-alkyl or cyclic N) is 1. The van der Waals surface area contributed by atoms with Crippen molar-refractivity contribution in [2.45, 2.75) is 52.1 Å². The quantitative estimate of drug-likeness (QED) is 0.873. The molecule has 3 nitrogen and oxygen atoms in total. The van der Waals surface area contributed by atoms with Gasteiger partial charge in [-0.05, 0) is 50.9 Å². The molecule has 21 heavy (non-hydrogen) atoms. The molecule has 0 saturated carbocycles. The molecule has 0 bridgehead atoms. The standard InChI is InChI=1S/C18H29NO2/c1-15-8-7-9-16(2)18(15)21-13-10-17(20)14-19-11-5-3-4-6-12-19/h7-9,17,20H,3-6,10-14H2,1-2H3/t17-/m1/s1.